The quantitative estimate of drug-likeness (QED) is 0.683. The second kappa shape index (κ2) is 3.92. The summed E-state index contributed by atoms with van der Waals surface area (Å²) in [7, 11) is 0. The predicted octanol–water partition coefficient (Wildman–Crippen LogP) is 1.80. The van der Waals surface area contributed by atoms with Crippen molar-refractivity contribution in [1.29, 1.82) is 0 Å². The summed E-state index contributed by atoms with van der Waals surface area (Å²) in [6.45, 7) is 2.35. The van der Waals surface area contributed by atoms with Crippen molar-refractivity contribution in [2.24, 2.45) is 0 Å². The van der Waals surface area contributed by atoms with Crippen molar-refractivity contribution >= 4 is 5.69 Å². The van der Waals surface area contributed by atoms with Gasteiger partial charge in [-0.1, -0.05) is 0 Å². The molecule has 0 atom stereocenters. The lowest BCUT2D eigenvalue weighted by Gasteiger charge is -2.29. The summed E-state index contributed by atoms with van der Waals surface area (Å²) in [5.74, 6) is -0.791. The fraction of sp³-hybridized carbons (Fsp3) is 0.400. The molecule has 1 aromatic carbocycles. The summed E-state index contributed by atoms with van der Waals surface area (Å²) in [4.78, 5) is 1.79. The van der Waals surface area contributed by atoms with Gasteiger partial charge in [0.1, 0.15) is 11.6 Å². The van der Waals surface area contributed by atoms with Gasteiger partial charge in [-0.3, -0.25) is 0 Å². The number of nitrogens with zero attached hydrogens (tertiary/aromatic N) is 1. The summed E-state index contributed by atoms with van der Waals surface area (Å²) in [6.07, 6.45) is 0. The van der Waals surface area contributed by atoms with Crippen molar-refractivity contribution in [2.75, 3.05) is 31.2 Å². The fourth-order valence-electron chi connectivity index (χ4n) is 1.53. The second-order valence-corrected chi connectivity index (χ2v) is 3.20. The zero-order valence-electron chi connectivity index (χ0n) is 7.67. The lowest BCUT2D eigenvalue weighted by molar-refractivity contribution is 0.122. The van der Waals surface area contributed by atoms with Crippen molar-refractivity contribution in [3.8, 4) is 0 Å². The molecule has 0 aromatic heterocycles. The highest BCUT2D eigenvalue weighted by Crippen LogP contribution is 2.21. The van der Waals surface area contributed by atoms with Crippen LogP contribution in [0.2, 0.25) is 0 Å². The molecule has 4 heteroatoms. The number of halogens is 2. The largest absolute Gasteiger partial charge is 0.378 e. The summed E-state index contributed by atoms with van der Waals surface area (Å²) in [5, 5.41) is 0. The van der Waals surface area contributed by atoms with E-state index in [2.05, 4.69) is 0 Å². The van der Waals surface area contributed by atoms with Crippen LogP contribution in [0, 0.1) is 11.6 Å². The van der Waals surface area contributed by atoms with Crippen LogP contribution in [-0.4, -0.2) is 26.3 Å². The average Bonchev–Trinajstić information content (AvgIpc) is 2.23. The van der Waals surface area contributed by atoms with Gasteiger partial charge in [-0.2, -0.15) is 0 Å². The first-order valence-corrected chi connectivity index (χ1v) is 4.55. The number of benzene rings is 1. The zero-order valence-corrected chi connectivity index (χ0v) is 7.67. The number of rotatable bonds is 1. The molecule has 0 N–H and O–H groups in total. The molecule has 0 spiro atoms. The highest BCUT2D eigenvalue weighted by molar-refractivity contribution is 5.48. The number of ether oxygens (including phenoxy) is 1. The molecule has 0 radical (unpaired) electrons. The molecule has 0 bridgehead atoms. The van der Waals surface area contributed by atoms with Gasteiger partial charge in [-0.25, -0.2) is 8.78 Å². The Morgan fingerprint density at radius 2 is 1.86 bits per heavy atom. The minimum absolute atomic E-state index is 0.327. The van der Waals surface area contributed by atoms with Crippen molar-refractivity contribution in [1.82, 2.24) is 0 Å². The number of hydrogen-bond acceptors (Lipinski definition) is 2. The van der Waals surface area contributed by atoms with Crippen LogP contribution in [0.15, 0.2) is 18.2 Å². The smallest absolute Gasteiger partial charge is 0.146 e. The maximum atomic E-state index is 13.3. The van der Waals surface area contributed by atoms with Gasteiger partial charge in [0.05, 0.1) is 18.9 Å². The van der Waals surface area contributed by atoms with Crippen LogP contribution in [-0.2, 0) is 4.74 Å². The first-order chi connectivity index (χ1) is 6.77. The van der Waals surface area contributed by atoms with E-state index in [9.17, 15) is 8.78 Å². The maximum absolute atomic E-state index is 13.3. The third-order valence-corrected chi connectivity index (χ3v) is 2.26. The van der Waals surface area contributed by atoms with E-state index in [1.807, 2.05) is 0 Å². The Kier molecular flexibility index (Phi) is 2.63. The Morgan fingerprint density at radius 3 is 2.57 bits per heavy atom. The van der Waals surface area contributed by atoms with E-state index in [-0.39, 0.29) is 5.82 Å². The molecule has 2 rings (SSSR count). The van der Waals surface area contributed by atoms with Crippen LogP contribution in [0.1, 0.15) is 0 Å². The normalized spacial score (nSPS) is 17.1. The average molecular weight is 199 g/mol. The summed E-state index contributed by atoms with van der Waals surface area (Å²) >= 11 is 0. The summed E-state index contributed by atoms with van der Waals surface area (Å²) in [5.41, 5.74) is 0.327. The monoisotopic (exact) mass is 199 g/mol. The van der Waals surface area contributed by atoms with Gasteiger partial charge >= 0.3 is 0 Å². The second-order valence-electron chi connectivity index (χ2n) is 3.20. The molecular weight excluding hydrogens is 188 g/mol. The van der Waals surface area contributed by atoms with Gasteiger partial charge in [0, 0.05) is 19.2 Å². The van der Waals surface area contributed by atoms with E-state index in [1.54, 1.807) is 4.90 Å². The first-order valence-electron chi connectivity index (χ1n) is 4.55. The fourth-order valence-corrected chi connectivity index (χ4v) is 1.53. The molecule has 1 aliphatic heterocycles. The zero-order chi connectivity index (χ0) is 9.97. The lowest BCUT2D eigenvalue weighted by atomic mass is 10.2. The summed E-state index contributed by atoms with van der Waals surface area (Å²) in [6, 6.07) is 3.50. The molecule has 14 heavy (non-hydrogen) atoms. The van der Waals surface area contributed by atoms with Gasteiger partial charge in [0.2, 0.25) is 0 Å². The van der Waals surface area contributed by atoms with Crippen molar-refractivity contribution in [2.45, 2.75) is 0 Å². The van der Waals surface area contributed by atoms with Gasteiger partial charge in [0.25, 0.3) is 0 Å². The number of hydrogen-bond donors (Lipinski definition) is 0. The van der Waals surface area contributed by atoms with Crippen LogP contribution < -0.4 is 4.90 Å². The molecule has 1 aromatic rings. The Balaban J connectivity index is 2.24. The molecule has 0 unspecified atom stereocenters. The van der Waals surface area contributed by atoms with Crippen molar-refractivity contribution in [3.05, 3.63) is 29.8 Å². The molecule has 0 saturated carbocycles. The van der Waals surface area contributed by atoms with Crippen LogP contribution >= 0.6 is 0 Å². The predicted molar refractivity (Wildman–Crippen MR) is 49.4 cm³/mol. The Morgan fingerprint density at radius 1 is 1.14 bits per heavy atom. The Bertz CT molecular complexity index is 324. The van der Waals surface area contributed by atoms with Crippen LogP contribution in [0.4, 0.5) is 14.5 Å². The molecule has 76 valence electrons. The van der Waals surface area contributed by atoms with Gasteiger partial charge in [-0.05, 0) is 12.1 Å². The van der Waals surface area contributed by atoms with Crippen LogP contribution in [0.5, 0.6) is 0 Å². The molecule has 1 heterocycles. The van der Waals surface area contributed by atoms with E-state index >= 15 is 0 Å². The van der Waals surface area contributed by atoms with Crippen LogP contribution in [0.25, 0.3) is 0 Å². The standard InChI is InChI=1S/C10H11F2NO/c11-8-1-2-9(12)10(7-8)13-3-5-14-6-4-13/h1-2,7H,3-6H2. The minimum Gasteiger partial charge on any atom is -0.378 e. The van der Waals surface area contributed by atoms with Crippen molar-refractivity contribution in [3.63, 3.8) is 0 Å². The molecule has 2 nitrogen and oxygen atoms in total. The molecule has 1 aliphatic rings. The van der Waals surface area contributed by atoms with Gasteiger partial charge in [-0.15, -0.1) is 0 Å². The molecule has 1 saturated heterocycles. The third-order valence-electron chi connectivity index (χ3n) is 2.26. The van der Waals surface area contributed by atoms with Gasteiger partial charge < -0.3 is 9.64 Å². The SMILES string of the molecule is Fc1ccc(F)c(N2CCOCC2)c1. The van der Waals surface area contributed by atoms with E-state index in [0.717, 1.165) is 12.1 Å². The van der Waals surface area contributed by atoms with Gasteiger partial charge in [0.15, 0.2) is 0 Å². The highest BCUT2D eigenvalue weighted by Gasteiger charge is 2.15. The van der Waals surface area contributed by atoms with E-state index < -0.39 is 5.82 Å². The summed E-state index contributed by atoms with van der Waals surface area (Å²) < 4.78 is 31.3. The first kappa shape index (κ1) is 9.40. The maximum Gasteiger partial charge on any atom is 0.146 e. The minimum atomic E-state index is -0.409. The highest BCUT2D eigenvalue weighted by atomic mass is 19.1. The van der Waals surface area contributed by atoms with Crippen LogP contribution in [0.3, 0.4) is 0 Å². The van der Waals surface area contributed by atoms with E-state index in [4.69, 9.17) is 4.74 Å². The number of anilines is 1. The van der Waals surface area contributed by atoms with Crippen molar-refractivity contribution < 1.29 is 13.5 Å². The molecule has 0 amide bonds. The lowest BCUT2D eigenvalue weighted by Crippen LogP contribution is -2.36. The number of morpholine rings is 1. The Hall–Kier alpha value is -1.16. The van der Waals surface area contributed by atoms with E-state index in [0.29, 0.717) is 32.0 Å². The molecular formula is C10H11F2NO. The third kappa shape index (κ3) is 1.85. The Labute approximate surface area is 81.1 Å². The molecule has 1 fully saturated rings. The molecule has 0 aliphatic carbocycles. The topological polar surface area (TPSA) is 12.5 Å². The van der Waals surface area contributed by atoms with E-state index in [1.165, 1.54) is 6.07 Å².